The lowest BCUT2D eigenvalue weighted by molar-refractivity contribution is -0.143. The highest BCUT2D eigenvalue weighted by Gasteiger charge is 2.23. The van der Waals surface area contributed by atoms with Crippen LogP contribution < -0.4 is 0 Å². The number of hydrogen-bond donors (Lipinski definition) is 0. The van der Waals surface area contributed by atoms with Gasteiger partial charge < -0.3 is 4.74 Å². The number of aryl methyl sites for hydroxylation is 1. The minimum Gasteiger partial charge on any atom is -0.465 e. The number of rotatable bonds is 6. The van der Waals surface area contributed by atoms with Crippen LogP contribution in [-0.4, -0.2) is 28.3 Å². The van der Waals surface area contributed by atoms with Crippen molar-refractivity contribution in [3.05, 3.63) is 16.8 Å². The molecule has 23 heavy (non-hydrogen) atoms. The molecule has 0 amide bonds. The number of ether oxygens (including phenoxy) is 1. The van der Waals surface area contributed by atoms with Crippen molar-refractivity contribution in [3.8, 4) is 0 Å². The summed E-state index contributed by atoms with van der Waals surface area (Å²) >= 11 is 3.49. The number of nitrogens with zero attached hydrogens (tertiary/aromatic N) is 2. The summed E-state index contributed by atoms with van der Waals surface area (Å²) in [5, 5.41) is 2.28. The third kappa shape index (κ3) is 3.86. The summed E-state index contributed by atoms with van der Waals surface area (Å²) in [7, 11) is 0. The van der Waals surface area contributed by atoms with Crippen LogP contribution in [0.5, 0.6) is 0 Å². The standard InChI is InChI=1S/C17H22N2O2S2/c1-3-4-14(20)21-7-8-22-16-15-12-6-5-11(2)9-13(12)23-17(15)19-10-18-16/h10-11H,3-9H2,1-2H3. The number of carbonyl (C=O) groups excluding carboxylic acids is 1. The maximum atomic E-state index is 11.4. The van der Waals surface area contributed by atoms with Gasteiger partial charge in [0.25, 0.3) is 0 Å². The molecule has 1 unspecified atom stereocenters. The maximum Gasteiger partial charge on any atom is 0.305 e. The van der Waals surface area contributed by atoms with Crippen molar-refractivity contribution < 1.29 is 9.53 Å². The quantitative estimate of drug-likeness (QED) is 0.337. The van der Waals surface area contributed by atoms with E-state index < -0.39 is 0 Å². The average molecular weight is 351 g/mol. The number of aromatic nitrogens is 2. The van der Waals surface area contributed by atoms with Gasteiger partial charge in [0.05, 0.1) is 0 Å². The van der Waals surface area contributed by atoms with Crippen LogP contribution in [0.3, 0.4) is 0 Å². The molecule has 2 aromatic rings. The number of thioether (sulfide) groups is 1. The van der Waals surface area contributed by atoms with Crippen molar-refractivity contribution in [2.45, 2.75) is 51.0 Å². The van der Waals surface area contributed by atoms with Gasteiger partial charge in [0.1, 0.15) is 22.8 Å². The van der Waals surface area contributed by atoms with E-state index in [0.717, 1.165) is 40.8 Å². The van der Waals surface area contributed by atoms with Crippen LogP contribution in [0.4, 0.5) is 0 Å². The largest absolute Gasteiger partial charge is 0.465 e. The highest BCUT2D eigenvalue weighted by Crippen LogP contribution is 2.40. The van der Waals surface area contributed by atoms with Gasteiger partial charge in [0.2, 0.25) is 0 Å². The van der Waals surface area contributed by atoms with Crippen LogP contribution in [0.1, 0.15) is 43.6 Å². The molecule has 0 N–H and O–H groups in total. The molecule has 0 aliphatic heterocycles. The summed E-state index contributed by atoms with van der Waals surface area (Å²) in [4.78, 5) is 22.9. The molecule has 2 heterocycles. The topological polar surface area (TPSA) is 52.1 Å². The third-order valence-corrected chi connectivity index (χ3v) is 6.21. The first-order valence-electron chi connectivity index (χ1n) is 8.22. The van der Waals surface area contributed by atoms with Crippen molar-refractivity contribution in [3.63, 3.8) is 0 Å². The van der Waals surface area contributed by atoms with Gasteiger partial charge in [-0.25, -0.2) is 9.97 Å². The van der Waals surface area contributed by atoms with Crippen LogP contribution in [0, 0.1) is 5.92 Å². The first kappa shape index (κ1) is 16.7. The molecule has 4 nitrogen and oxygen atoms in total. The number of esters is 1. The molecular weight excluding hydrogens is 328 g/mol. The van der Waals surface area contributed by atoms with Crippen molar-refractivity contribution in [1.29, 1.82) is 0 Å². The van der Waals surface area contributed by atoms with Crippen LogP contribution in [0.15, 0.2) is 11.4 Å². The van der Waals surface area contributed by atoms with E-state index >= 15 is 0 Å². The number of fused-ring (bicyclic) bond motifs is 3. The number of carbonyl (C=O) groups is 1. The van der Waals surface area contributed by atoms with E-state index in [-0.39, 0.29) is 5.97 Å². The Morgan fingerprint density at radius 1 is 1.48 bits per heavy atom. The molecule has 0 bridgehead atoms. The zero-order valence-electron chi connectivity index (χ0n) is 13.6. The summed E-state index contributed by atoms with van der Waals surface area (Å²) in [6.07, 6.45) is 6.51. The van der Waals surface area contributed by atoms with Crippen molar-refractivity contribution in [2.24, 2.45) is 5.92 Å². The van der Waals surface area contributed by atoms with Crippen molar-refractivity contribution in [2.75, 3.05) is 12.4 Å². The maximum absolute atomic E-state index is 11.4. The van der Waals surface area contributed by atoms with Crippen molar-refractivity contribution in [1.82, 2.24) is 9.97 Å². The average Bonchev–Trinajstić information content (AvgIpc) is 2.89. The van der Waals surface area contributed by atoms with Gasteiger partial charge in [0.15, 0.2) is 0 Å². The Bertz CT molecular complexity index is 699. The molecule has 3 rings (SSSR count). The Balaban J connectivity index is 1.70. The summed E-state index contributed by atoms with van der Waals surface area (Å²) in [5.74, 6) is 1.39. The molecule has 0 spiro atoms. The Hall–Kier alpha value is -1.14. The predicted octanol–water partition coefficient (Wildman–Crippen LogP) is 4.25. The van der Waals surface area contributed by atoms with E-state index in [4.69, 9.17) is 4.74 Å². The summed E-state index contributed by atoms with van der Waals surface area (Å²) in [6, 6.07) is 0. The summed E-state index contributed by atoms with van der Waals surface area (Å²) in [5.41, 5.74) is 1.45. The van der Waals surface area contributed by atoms with Crippen molar-refractivity contribution >= 4 is 39.3 Å². The van der Waals surface area contributed by atoms with E-state index in [2.05, 4.69) is 16.9 Å². The molecule has 124 valence electrons. The minimum absolute atomic E-state index is 0.108. The van der Waals surface area contributed by atoms with E-state index in [1.54, 1.807) is 18.1 Å². The van der Waals surface area contributed by atoms with E-state index in [0.29, 0.717) is 13.0 Å². The Labute approximate surface area is 145 Å². The Kier molecular flexibility index (Phi) is 5.54. The van der Waals surface area contributed by atoms with Gasteiger partial charge in [-0.3, -0.25) is 4.79 Å². The Morgan fingerprint density at radius 2 is 2.35 bits per heavy atom. The molecule has 0 fully saturated rings. The fourth-order valence-corrected chi connectivity index (χ4v) is 5.19. The Morgan fingerprint density at radius 3 is 3.17 bits per heavy atom. The molecule has 0 radical (unpaired) electrons. The SMILES string of the molecule is CCCC(=O)OCCSc1ncnc2sc3c(c12)CCC(C)C3. The molecule has 1 aliphatic carbocycles. The highest BCUT2D eigenvalue weighted by molar-refractivity contribution is 7.99. The molecule has 2 aromatic heterocycles. The molecular formula is C17H22N2O2S2. The van der Waals surface area contributed by atoms with Gasteiger partial charge in [-0.2, -0.15) is 0 Å². The van der Waals surface area contributed by atoms with Crippen LogP contribution >= 0.6 is 23.1 Å². The van der Waals surface area contributed by atoms with Gasteiger partial charge in [-0.1, -0.05) is 13.8 Å². The fourth-order valence-electron chi connectivity index (χ4n) is 2.93. The highest BCUT2D eigenvalue weighted by atomic mass is 32.2. The molecule has 6 heteroatoms. The minimum atomic E-state index is -0.108. The second-order valence-electron chi connectivity index (χ2n) is 6.03. The van der Waals surface area contributed by atoms with Gasteiger partial charge in [-0.05, 0) is 37.2 Å². The first-order valence-corrected chi connectivity index (χ1v) is 10.0. The summed E-state index contributed by atoms with van der Waals surface area (Å²) < 4.78 is 5.22. The fraction of sp³-hybridized carbons (Fsp3) is 0.588. The molecule has 1 atom stereocenters. The zero-order valence-corrected chi connectivity index (χ0v) is 15.3. The van der Waals surface area contributed by atoms with E-state index in [9.17, 15) is 4.79 Å². The number of thiophene rings is 1. The lowest BCUT2D eigenvalue weighted by Gasteiger charge is -2.18. The first-order chi connectivity index (χ1) is 11.2. The predicted molar refractivity (Wildman–Crippen MR) is 95.2 cm³/mol. The van der Waals surface area contributed by atoms with Gasteiger partial charge in [-0.15, -0.1) is 23.1 Å². The van der Waals surface area contributed by atoms with Crippen LogP contribution in [-0.2, 0) is 22.4 Å². The molecule has 1 aliphatic rings. The van der Waals surface area contributed by atoms with E-state index in [1.807, 2.05) is 18.3 Å². The molecule has 0 aromatic carbocycles. The molecule has 0 saturated carbocycles. The number of hydrogen-bond acceptors (Lipinski definition) is 6. The van der Waals surface area contributed by atoms with Crippen LogP contribution in [0.25, 0.3) is 10.2 Å². The molecule has 0 saturated heterocycles. The lowest BCUT2D eigenvalue weighted by atomic mass is 9.89. The third-order valence-electron chi connectivity index (χ3n) is 4.10. The second-order valence-corrected chi connectivity index (χ2v) is 8.20. The smallest absolute Gasteiger partial charge is 0.305 e. The van der Waals surface area contributed by atoms with Gasteiger partial charge in [0, 0.05) is 22.4 Å². The normalized spacial score (nSPS) is 17.2. The summed E-state index contributed by atoms with van der Waals surface area (Å²) in [6.45, 7) is 4.74. The lowest BCUT2D eigenvalue weighted by Crippen LogP contribution is -2.09. The monoisotopic (exact) mass is 350 g/mol. The van der Waals surface area contributed by atoms with Gasteiger partial charge >= 0.3 is 5.97 Å². The second kappa shape index (κ2) is 7.62. The zero-order chi connectivity index (χ0) is 16.2. The van der Waals surface area contributed by atoms with E-state index in [1.165, 1.54) is 22.2 Å². The van der Waals surface area contributed by atoms with Crippen LogP contribution in [0.2, 0.25) is 0 Å².